The predicted molar refractivity (Wildman–Crippen MR) is 77.9 cm³/mol. The number of rotatable bonds is 5. The highest BCUT2D eigenvalue weighted by molar-refractivity contribution is 5.77. The van der Waals surface area contributed by atoms with Crippen molar-refractivity contribution in [3.8, 4) is 0 Å². The first kappa shape index (κ1) is 15.5. The zero-order valence-electron chi connectivity index (χ0n) is 12.8. The lowest BCUT2D eigenvalue weighted by atomic mass is 10.1. The second kappa shape index (κ2) is 6.28. The number of carboxylic acids is 1. The molecule has 6 nitrogen and oxygen atoms in total. The summed E-state index contributed by atoms with van der Waals surface area (Å²) >= 11 is 0. The highest BCUT2D eigenvalue weighted by Crippen LogP contribution is 2.25. The fourth-order valence-corrected chi connectivity index (χ4v) is 3.05. The van der Waals surface area contributed by atoms with Gasteiger partial charge in [0, 0.05) is 25.2 Å². The monoisotopic (exact) mass is 293 g/mol. The first-order chi connectivity index (χ1) is 9.88. The summed E-state index contributed by atoms with van der Waals surface area (Å²) in [6.07, 6.45) is 3.05. The van der Waals surface area contributed by atoms with Gasteiger partial charge in [-0.25, -0.2) is 0 Å². The minimum absolute atomic E-state index is 0.00584. The molecule has 0 bridgehead atoms. The van der Waals surface area contributed by atoms with Gasteiger partial charge in [0.25, 0.3) is 0 Å². The zero-order chi connectivity index (χ0) is 15.6. The third-order valence-electron chi connectivity index (χ3n) is 4.41. The molecule has 1 heterocycles. The van der Waals surface area contributed by atoms with Crippen molar-refractivity contribution in [3.63, 3.8) is 0 Å². The molecule has 6 heteroatoms. The second-order valence-corrected chi connectivity index (χ2v) is 5.89. The summed E-state index contributed by atoms with van der Waals surface area (Å²) in [7, 11) is 1.90. The van der Waals surface area contributed by atoms with E-state index in [9.17, 15) is 9.59 Å². The summed E-state index contributed by atoms with van der Waals surface area (Å²) < 4.78 is 1.83. The van der Waals surface area contributed by atoms with Crippen LogP contribution in [0.2, 0.25) is 0 Å². The molecule has 116 valence electrons. The van der Waals surface area contributed by atoms with Crippen LogP contribution in [0.25, 0.3) is 0 Å². The van der Waals surface area contributed by atoms with Crippen molar-refractivity contribution < 1.29 is 14.7 Å². The zero-order valence-corrected chi connectivity index (χ0v) is 12.8. The molecule has 1 aromatic rings. The Morgan fingerprint density at radius 1 is 1.38 bits per heavy atom. The molecule has 1 fully saturated rings. The highest BCUT2D eigenvalue weighted by Gasteiger charge is 2.30. The van der Waals surface area contributed by atoms with Gasteiger partial charge in [-0.15, -0.1) is 0 Å². The summed E-state index contributed by atoms with van der Waals surface area (Å²) in [4.78, 5) is 22.9. The molecular weight excluding hydrogens is 270 g/mol. The Labute approximate surface area is 124 Å². The molecule has 1 aromatic heterocycles. The topological polar surface area (TPSA) is 84.2 Å². The summed E-state index contributed by atoms with van der Waals surface area (Å²) in [6.45, 7) is 3.95. The Hall–Kier alpha value is -1.85. The van der Waals surface area contributed by atoms with Crippen LogP contribution < -0.4 is 5.32 Å². The van der Waals surface area contributed by atoms with E-state index in [4.69, 9.17) is 5.11 Å². The van der Waals surface area contributed by atoms with Gasteiger partial charge in [-0.05, 0) is 45.1 Å². The third-order valence-corrected chi connectivity index (χ3v) is 4.41. The number of hydrogen-bond acceptors (Lipinski definition) is 3. The molecule has 2 atom stereocenters. The summed E-state index contributed by atoms with van der Waals surface area (Å²) in [5, 5.41) is 16.2. The molecule has 21 heavy (non-hydrogen) atoms. The molecule has 1 aliphatic carbocycles. The number of aliphatic carboxylic acids is 1. The van der Waals surface area contributed by atoms with Gasteiger partial charge >= 0.3 is 5.97 Å². The molecule has 2 rings (SSSR count). The highest BCUT2D eigenvalue weighted by atomic mass is 16.4. The first-order valence-corrected chi connectivity index (χ1v) is 7.39. The fraction of sp³-hybridized carbons (Fsp3) is 0.667. The van der Waals surface area contributed by atoms with Crippen molar-refractivity contribution in [1.29, 1.82) is 0 Å². The van der Waals surface area contributed by atoms with Gasteiger partial charge in [0.05, 0.1) is 11.6 Å². The second-order valence-electron chi connectivity index (χ2n) is 5.89. The van der Waals surface area contributed by atoms with Gasteiger partial charge in [-0.2, -0.15) is 5.10 Å². The number of carbonyl (C=O) groups excluding carboxylic acids is 1. The third kappa shape index (κ3) is 3.62. The Morgan fingerprint density at radius 3 is 2.62 bits per heavy atom. The molecule has 0 spiro atoms. The smallest absolute Gasteiger partial charge is 0.306 e. The molecule has 2 N–H and O–H groups in total. The lowest BCUT2D eigenvalue weighted by Gasteiger charge is -2.12. The van der Waals surface area contributed by atoms with E-state index in [1.54, 1.807) is 0 Å². The van der Waals surface area contributed by atoms with Gasteiger partial charge in [-0.3, -0.25) is 14.3 Å². The lowest BCUT2D eigenvalue weighted by Crippen LogP contribution is -2.33. The average molecular weight is 293 g/mol. The largest absolute Gasteiger partial charge is 0.481 e. The number of aromatic nitrogens is 2. The van der Waals surface area contributed by atoms with Crippen LogP contribution in [0.1, 0.15) is 42.6 Å². The molecule has 0 saturated heterocycles. The van der Waals surface area contributed by atoms with Crippen molar-refractivity contribution in [1.82, 2.24) is 15.1 Å². The number of aryl methyl sites for hydroxylation is 2. The van der Waals surface area contributed by atoms with Crippen LogP contribution in [0.3, 0.4) is 0 Å². The normalized spacial score (nSPS) is 21.5. The Kier molecular flexibility index (Phi) is 4.65. The Bertz CT molecular complexity index is 551. The first-order valence-electron chi connectivity index (χ1n) is 7.39. The van der Waals surface area contributed by atoms with Crippen molar-refractivity contribution in [2.75, 3.05) is 0 Å². The quantitative estimate of drug-likeness (QED) is 0.858. The number of nitrogens with zero attached hydrogens (tertiary/aromatic N) is 2. The SMILES string of the molecule is Cc1nn(C)c(C)c1CCC(=O)N[C@H]1CC[C@@H](C(=O)O)C1. The van der Waals surface area contributed by atoms with E-state index in [2.05, 4.69) is 10.4 Å². The molecule has 0 aromatic carbocycles. The van der Waals surface area contributed by atoms with E-state index in [1.165, 1.54) is 0 Å². The lowest BCUT2D eigenvalue weighted by molar-refractivity contribution is -0.141. The van der Waals surface area contributed by atoms with Gasteiger partial charge in [0.15, 0.2) is 0 Å². The van der Waals surface area contributed by atoms with Gasteiger partial charge in [-0.1, -0.05) is 0 Å². The van der Waals surface area contributed by atoms with Crippen LogP contribution >= 0.6 is 0 Å². The molecule has 1 aliphatic rings. The number of carboxylic acid groups (broad SMARTS) is 1. The minimum Gasteiger partial charge on any atom is -0.481 e. The predicted octanol–water partition coefficient (Wildman–Crippen LogP) is 1.34. The van der Waals surface area contributed by atoms with E-state index in [0.29, 0.717) is 25.7 Å². The summed E-state index contributed by atoms with van der Waals surface area (Å²) in [5.41, 5.74) is 3.18. The maximum Gasteiger partial charge on any atom is 0.306 e. The van der Waals surface area contributed by atoms with Gasteiger partial charge < -0.3 is 10.4 Å². The molecule has 0 radical (unpaired) electrons. The minimum atomic E-state index is -0.756. The van der Waals surface area contributed by atoms with Crippen molar-refractivity contribution in [2.45, 2.75) is 52.0 Å². The standard InChI is InChI=1S/C15H23N3O3/c1-9-13(10(2)18(3)17-9)6-7-14(19)16-12-5-4-11(8-12)15(20)21/h11-12H,4-8H2,1-3H3,(H,16,19)(H,20,21)/t11-,12+/m1/s1. The number of nitrogens with one attached hydrogen (secondary N) is 1. The fourth-order valence-electron chi connectivity index (χ4n) is 3.05. The molecule has 0 aliphatic heterocycles. The molecule has 0 unspecified atom stereocenters. The molecule has 1 saturated carbocycles. The van der Waals surface area contributed by atoms with E-state index in [0.717, 1.165) is 23.4 Å². The average Bonchev–Trinajstić information content (AvgIpc) is 2.95. The number of carbonyl (C=O) groups is 2. The number of amides is 1. The summed E-state index contributed by atoms with van der Waals surface area (Å²) in [5.74, 6) is -1.07. The Balaban J connectivity index is 1.82. The van der Waals surface area contributed by atoms with Crippen LogP contribution in [0, 0.1) is 19.8 Å². The van der Waals surface area contributed by atoms with Crippen molar-refractivity contribution in [2.24, 2.45) is 13.0 Å². The van der Waals surface area contributed by atoms with Crippen LogP contribution in [0.4, 0.5) is 0 Å². The van der Waals surface area contributed by atoms with Crippen LogP contribution in [-0.2, 0) is 23.1 Å². The molecule has 1 amide bonds. The molecular formula is C15H23N3O3. The van der Waals surface area contributed by atoms with E-state index >= 15 is 0 Å². The van der Waals surface area contributed by atoms with Gasteiger partial charge in [0.1, 0.15) is 0 Å². The van der Waals surface area contributed by atoms with Crippen LogP contribution in [0.5, 0.6) is 0 Å². The Morgan fingerprint density at radius 2 is 2.10 bits per heavy atom. The van der Waals surface area contributed by atoms with Crippen molar-refractivity contribution in [3.05, 3.63) is 17.0 Å². The van der Waals surface area contributed by atoms with E-state index in [1.807, 2.05) is 25.6 Å². The van der Waals surface area contributed by atoms with Crippen molar-refractivity contribution >= 4 is 11.9 Å². The number of hydrogen-bond donors (Lipinski definition) is 2. The van der Waals surface area contributed by atoms with E-state index in [-0.39, 0.29) is 17.9 Å². The van der Waals surface area contributed by atoms with Gasteiger partial charge in [0.2, 0.25) is 5.91 Å². The summed E-state index contributed by atoms with van der Waals surface area (Å²) in [6, 6.07) is 0.00897. The van der Waals surface area contributed by atoms with Crippen LogP contribution in [-0.4, -0.2) is 32.8 Å². The van der Waals surface area contributed by atoms with Crippen LogP contribution in [0.15, 0.2) is 0 Å². The maximum absolute atomic E-state index is 12.0. The maximum atomic E-state index is 12.0. The van der Waals surface area contributed by atoms with E-state index < -0.39 is 5.97 Å².